The van der Waals surface area contributed by atoms with Crippen molar-refractivity contribution in [3.05, 3.63) is 0 Å². The van der Waals surface area contributed by atoms with Gasteiger partial charge in [0.15, 0.2) is 0 Å². The summed E-state index contributed by atoms with van der Waals surface area (Å²) in [5.41, 5.74) is 0.360. The molecule has 3 saturated heterocycles. The van der Waals surface area contributed by atoms with Crippen molar-refractivity contribution >= 4 is 0 Å². The Kier molecular flexibility index (Phi) is 2.73. The monoisotopic (exact) mass is 226 g/mol. The first kappa shape index (κ1) is 11.0. The lowest BCUT2D eigenvalue weighted by molar-refractivity contribution is 0.134. The number of epoxide rings is 3. The average molecular weight is 226 g/mol. The van der Waals surface area contributed by atoms with Gasteiger partial charge in [-0.25, -0.2) is 0 Å². The van der Waals surface area contributed by atoms with Crippen LogP contribution in [0.15, 0.2) is 0 Å². The summed E-state index contributed by atoms with van der Waals surface area (Å²) in [7, 11) is 0. The van der Waals surface area contributed by atoms with Crippen LogP contribution >= 0.6 is 0 Å². The van der Waals surface area contributed by atoms with Crippen molar-refractivity contribution in [3.63, 3.8) is 0 Å². The molecule has 3 nitrogen and oxygen atoms in total. The molecule has 0 aromatic rings. The quantitative estimate of drug-likeness (QED) is 0.623. The molecule has 0 bridgehead atoms. The van der Waals surface area contributed by atoms with E-state index in [9.17, 15) is 0 Å². The molecule has 0 amide bonds. The van der Waals surface area contributed by atoms with Crippen molar-refractivity contribution in [2.45, 2.75) is 51.4 Å². The maximum absolute atomic E-state index is 5.38. The van der Waals surface area contributed by atoms with Gasteiger partial charge in [-0.3, -0.25) is 0 Å². The van der Waals surface area contributed by atoms with Gasteiger partial charge in [-0.05, 0) is 30.6 Å². The van der Waals surface area contributed by atoms with Crippen LogP contribution in [-0.4, -0.2) is 38.1 Å². The van der Waals surface area contributed by atoms with Gasteiger partial charge >= 0.3 is 0 Å². The fourth-order valence-corrected chi connectivity index (χ4v) is 2.72. The molecule has 0 N–H and O–H groups in total. The van der Waals surface area contributed by atoms with Crippen LogP contribution in [0.2, 0.25) is 0 Å². The average Bonchev–Trinajstić information content (AvgIpc) is 3.05. The molecule has 3 unspecified atom stereocenters. The van der Waals surface area contributed by atoms with Gasteiger partial charge in [0.05, 0.1) is 38.1 Å². The summed E-state index contributed by atoms with van der Waals surface area (Å²) in [6.45, 7) is 7.67. The summed E-state index contributed by atoms with van der Waals surface area (Å²) in [6, 6.07) is 0. The van der Waals surface area contributed by atoms with E-state index < -0.39 is 0 Å². The highest BCUT2D eigenvalue weighted by Gasteiger charge is 2.42. The van der Waals surface area contributed by atoms with E-state index in [2.05, 4.69) is 13.8 Å². The zero-order valence-corrected chi connectivity index (χ0v) is 10.3. The molecule has 3 fully saturated rings. The topological polar surface area (TPSA) is 37.6 Å². The molecular formula is C13H22O3. The minimum absolute atomic E-state index is 0.360. The van der Waals surface area contributed by atoms with Crippen LogP contribution in [-0.2, 0) is 14.2 Å². The zero-order chi connectivity index (χ0) is 11.2. The van der Waals surface area contributed by atoms with Crippen LogP contribution in [0.25, 0.3) is 0 Å². The molecule has 16 heavy (non-hydrogen) atoms. The summed E-state index contributed by atoms with van der Waals surface area (Å²) in [5, 5.41) is 0. The lowest BCUT2D eigenvalue weighted by atomic mass is 9.71. The Balaban J connectivity index is 1.57. The highest BCUT2D eigenvalue weighted by molar-refractivity contribution is 4.90. The van der Waals surface area contributed by atoms with Gasteiger partial charge in [-0.2, -0.15) is 0 Å². The van der Waals surface area contributed by atoms with Gasteiger partial charge < -0.3 is 14.2 Å². The third-order valence-electron chi connectivity index (χ3n) is 4.16. The number of ether oxygens (including phenoxy) is 3. The summed E-state index contributed by atoms with van der Waals surface area (Å²) in [4.78, 5) is 0. The second-order valence-electron chi connectivity index (χ2n) is 6.23. The summed E-state index contributed by atoms with van der Waals surface area (Å²) in [6.07, 6.45) is 5.19. The predicted octanol–water partition coefficient (Wildman–Crippen LogP) is 2.00. The molecule has 3 rings (SSSR count). The molecule has 0 spiro atoms. The molecule has 0 aromatic heterocycles. The van der Waals surface area contributed by atoms with Crippen molar-refractivity contribution in [3.8, 4) is 0 Å². The second-order valence-corrected chi connectivity index (χ2v) is 6.23. The van der Waals surface area contributed by atoms with Crippen LogP contribution in [0.5, 0.6) is 0 Å². The molecule has 3 atom stereocenters. The van der Waals surface area contributed by atoms with E-state index in [1.165, 1.54) is 19.3 Å². The van der Waals surface area contributed by atoms with E-state index in [0.717, 1.165) is 25.7 Å². The van der Waals surface area contributed by atoms with E-state index in [-0.39, 0.29) is 0 Å². The van der Waals surface area contributed by atoms with Gasteiger partial charge in [0, 0.05) is 0 Å². The van der Waals surface area contributed by atoms with Crippen molar-refractivity contribution in [2.24, 2.45) is 11.3 Å². The van der Waals surface area contributed by atoms with Crippen LogP contribution in [0.1, 0.15) is 33.1 Å². The Morgan fingerprint density at radius 2 is 1.38 bits per heavy atom. The lowest BCUT2D eigenvalue weighted by Crippen LogP contribution is -2.28. The zero-order valence-electron chi connectivity index (χ0n) is 10.3. The molecule has 0 aromatic carbocycles. The molecule has 0 saturated carbocycles. The van der Waals surface area contributed by atoms with Crippen LogP contribution in [0.4, 0.5) is 0 Å². The molecule has 3 aliphatic rings. The van der Waals surface area contributed by atoms with Gasteiger partial charge in [0.1, 0.15) is 0 Å². The second kappa shape index (κ2) is 3.97. The fourth-order valence-electron chi connectivity index (χ4n) is 2.72. The Hall–Kier alpha value is -0.120. The van der Waals surface area contributed by atoms with Gasteiger partial charge in [0.2, 0.25) is 0 Å². The minimum Gasteiger partial charge on any atom is -0.373 e. The SMILES string of the molecule is CC(C)(CC1CO1)C(CC1CO1)CC1CO1. The normalized spacial score (nSPS) is 38.2. The smallest absolute Gasteiger partial charge is 0.0815 e. The number of hydrogen-bond donors (Lipinski definition) is 0. The van der Waals surface area contributed by atoms with Gasteiger partial charge in [-0.1, -0.05) is 13.8 Å². The first-order valence-electron chi connectivity index (χ1n) is 6.48. The molecule has 3 aliphatic heterocycles. The fraction of sp³-hybridized carbons (Fsp3) is 1.00. The summed E-state index contributed by atoms with van der Waals surface area (Å²) in [5.74, 6) is 0.719. The van der Waals surface area contributed by atoms with E-state index in [0.29, 0.717) is 23.7 Å². The van der Waals surface area contributed by atoms with Crippen molar-refractivity contribution < 1.29 is 14.2 Å². The van der Waals surface area contributed by atoms with Crippen LogP contribution in [0, 0.1) is 11.3 Å². The van der Waals surface area contributed by atoms with E-state index in [4.69, 9.17) is 14.2 Å². The van der Waals surface area contributed by atoms with E-state index >= 15 is 0 Å². The van der Waals surface area contributed by atoms with Crippen LogP contribution < -0.4 is 0 Å². The Labute approximate surface area is 97.4 Å². The van der Waals surface area contributed by atoms with Crippen molar-refractivity contribution in [1.29, 1.82) is 0 Å². The molecular weight excluding hydrogens is 204 g/mol. The van der Waals surface area contributed by atoms with Crippen molar-refractivity contribution in [1.82, 2.24) is 0 Å². The molecule has 92 valence electrons. The van der Waals surface area contributed by atoms with Gasteiger partial charge in [0.25, 0.3) is 0 Å². The highest BCUT2D eigenvalue weighted by Crippen LogP contribution is 2.43. The molecule has 0 radical (unpaired) electrons. The third kappa shape index (κ3) is 2.96. The van der Waals surface area contributed by atoms with Crippen molar-refractivity contribution in [2.75, 3.05) is 19.8 Å². The van der Waals surface area contributed by atoms with Gasteiger partial charge in [-0.15, -0.1) is 0 Å². The Bertz CT molecular complexity index is 238. The maximum Gasteiger partial charge on any atom is 0.0815 e. The Morgan fingerprint density at radius 3 is 1.75 bits per heavy atom. The lowest BCUT2D eigenvalue weighted by Gasteiger charge is -2.33. The van der Waals surface area contributed by atoms with E-state index in [1.54, 1.807) is 0 Å². The summed E-state index contributed by atoms with van der Waals surface area (Å²) >= 11 is 0. The number of rotatable bonds is 7. The number of hydrogen-bond acceptors (Lipinski definition) is 3. The largest absolute Gasteiger partial charge is 0.373 e. The minimum atomic E-state index is 0.360. The van der Waals surface area contributed by atoms with E-state index in [1.807, 2.05) is 0 Å². The third-order valence-corrected chi connectivity index (χ3v) is 4.16. The predicted molar refractivity (Wildman–Crippen MR) is 60.3 cm³/mol. The summed E-state index contributed by atoms with van der Waals surface area (Å²) < 4.78 is 16.1. The molecule has 0 aliphatic carbocycles. The highest BCUT2D eigenvalue weighted by atomic mass is 16.6. The molecule has 3 heterocycles. The first-order chi connectivity index (χ1) is 7.63. The molecule has 3 heteroatoms. The first-order valence-corrected chi connectivity index (χ1v) is 6.48. The maximum atomic E-state index is 5.38. The standard InChI is InChI=1S/C13H22O3/c1-13(2,5-12-8-16-12)9(3-10-6-14-10)4-11-7-15-11/h9-12H,3-8H2,1-2H3. The van der Waals surface area contributed by atoms with Crippen LogP contribution in [0.3, 0.4) is 0 Å². The Morgan fingerprint density at radius 1 is 0.938 bits per heavy atom.